The molecule has 82 valence electrons. The van der Waals surface area contributed by atoms with Gasteiger partial charge in [-0.2, -0.15) is 0 Å². The van der Waals surface area contributed by atoms with Crippen LogP contribution in [0.15, 0.2) is 18.2 Å². The normalized spacial score (nSPS) is 9.73. The van der Waals surface area contributed by atoms with Crippen molar-refractivity contribution in [2.45, 2.75) is 0 Å². The van der Waals surface area contributed by atoms with Crippen molar-refractivity contribution < 1.29 is 14.3 Å². The molecule has 0 spiro atoms. The van der Waals surface area contributed by atoms with Crippen LogP contribution in [-0.2, 0) is 9.53 Å². The van der Waals surface area contributed by atoms with E-state index in [0.29, 0.717) is 17.1 Å². The highest BCUT2D eigenvalue weighted by atomic mass is 16.5. The number of carbonyl (C=O) groups is 1. The van der Waals surface area contributed by atoms with Crippen LogP contribution in [0.2, 0.25) is 0 Å². The van der Waals surface area contributed by atoms with Crippen molar-refractivity contribution in [2.24, 2.45) is 0 Å². The molecule has 0 aliphatic rings. The van der Waals surface area contributed by atoms with Crippen LogP contribution in [-0.4, -0.2) is 26.7 Å². The Labute approximate surface area is 88.2 Å². The zero-order valence-electron chi connectivity index (χ0n) is 8.74. The molecule has 0 unspecified atom stereocenters. The first-order chi connectivity index (χ1) is 7.17. The average molecular weight is 210 g/mol. The summed E-state index contributed by atoms with van der Waals surface area (Å²) >= 11 is 0. The Hall–Kier alpha value is -1.75. The van der Waals surface area contributed by atoms with Crippen molar-refractivity contribution in [1.29, 1.82) is 0 Å². The predicted molar refractivity (Wildman–Crippen MR) is 57.9 cm³/mol. The van der Waals surface area contributed by atoms with Crippen LogP contribution in [0.25, 0.3) is 0 Å². The first kappa shape index (κ1) is 11.3. The lowest BCUT2D eigenvalue weighted by molar-refractivity contribution is -0.119. The molecule has 0 aliphatic carbocycles. The third-order valence-electron chi connectivity index (χ3n) is 1.79. The Morgan fingerprint density at radius 3 is 2.73 bits per heavy atom. The maximum atomic E-state index is 11.2. The monoisotopic (exact) mass is 210 g/mol. The van der Waals surface area contributed by atoms with Gasteiger partial charge in [-0.3, -0.25) is 4.79 Å². The van der Waals surface area contributed by atoms with Gasteiger partial charge in [-0.25, -0.2) is 0 Å². The summed E-state index contributed by atoms with van der Waals surface area (Å²) in [5.74, 6) is 0.363. The number of hydrogen-bond donors (Lipinski definition) is 2. The minimum Gasteiger partial charge on any atom is -0.495 e. The molecule has 0 aromatic heterocycles. The lowest BCUT2D eigenvalue weighted by Gasteiger charge is -2.08. The number of anilines is 2. The van der Waals surface area contributed by atoms with E-state index in [1.54, 1.807) is 18.2 Å². The molecule has 0 atom stereocenters. The molecule has 1 aromatic carbocycles. The molecule has 0 aliphatic heterocycles. The van der Waals surface area contributed by atoms with E-state index in [2.05, 4.69) is 10.1 Å². The van der Waals surface area contributed by atoms with E-state index < -0.39 is 0 Å². The average Bonchev–Trinajstić information content (AvgIpc) is 2.18. The Morgan fingerprint density at radius 2 is 2.20 bits per heavy atom. The van der Waals surface area contributed by atoms with Gasteiger partial charge < -0.3 is 20.5 Å². The molecule has 0 saturated heterocycles. The van der Waals surface area contributed by atoms with E-state index in [1.165, 1.54) is 14.2 Å². The fourth-order valence-corrected chi connectivity index (χ4v) is 1.14. The van der Waals surface area contributed by atoms with Gasteiger partial charge in [0.2, 0.25) is 5.91 Å². The zero-order valence-corrected chi connectivity index (χ0v) is 8.74. The molecule has 1 rings (SSSR count). The minimum atomic E-state index is -0.220. The van der Waals surface area contributed by atoms with Gasteiger partial charge in [-0.15, -0.1) is 0 Å². The van der Waals surface area contributed by atoms with Crippen LogP contribution in [0.3, 0.4) is 0 Å². The second-order valence-corrected chi connectivity index (χ2v) is 2.94. The van der Waals surface area contributed by atoms with Gasteiger partial charge >= 0.3 is 0 Å². The van der Waals surface area contributed by atoms with Gasteiger partial charge in [0, 0.05) is 12.8 Å². The summed E-state index contributed by atoms with van der Waals surface area (Å²) in [6, 6.07) is 5.03. The number of methoxy groups -OCH3 is 2. The fourth-order valence-electron chi connectivity index (χ4n) is 1.14. The van der Waals surface area contributed by atoms with Gasteiger partial charge in [-0.05, 0) is 18.2 Å². The Morgan fingerprint density at radius 1 is 1.47 bits per heavy atom. The molecule has 5 heteroatoms. The molecule has 15 heavy (non-hydrogen) atoms. The maximum Gasteiger partial charge on any atom is 0.250 e. The van der Waals surface area contributed by atoms with E-state index >= 15 is 0 Å². The maximum absolute atomic E-state index is 11.2. The van der Waals surface area contributed by atoms with E-state index in [0.717, 1.165) is 0 Å². The third-order valence-corrected chi connectivity index (χ3v) is 1.79. The summed E-state index contributed by atoms with van der Waals surface area (Å²) in [5, 5.41) is 2.64. The van der Waals surface area contributed by atoms with E-state index in [4.69, 9.17) is 10.5 Å². The van der Waals surface area contributed by atoms with Gasteiger partial charge in [-0.1, -0.05) is 0 Å². The van der Waals surface area contributed by atoms with Crippen LogP contribution < -0.4 is 15.8 Å². The minimum absolute atomic E-state index is 0.0198. The molecule has 1 amide bonds. The summed E-state index contributed by atoms with van der Waals surface area (Å²) in [5.41, 5.74) is 6.77. The topological polar surface area (TPSA) is 73.6 Å². The number of nitrogens with two attached hydrogens (primary N) is 1. The Bertz CT molecular complexity index is 353. The van der Waals surface area contributed by atoms with Crippen molar-refractivity contribution >= 4 is 17.3 Å². The summed E-state index contributed by atoms with van der Waals surface area (Å²) in [6.45, 7) is 0.0198. The molecular weight excluding hydrogens is 196 g/mol. The van der Waals surface area contributed by atoms with Gasteiger partial charge in [0.15, 0.2) is 0 Å². The SMILES string of the molecule is COCC(=O)Nc1ccc(OC)c(N)c1. The molecule has 1 aromatic rings. The molecule has 3 N–H and O–H groups in total. The smallest absolute Gasteiger partial charge is 0.250 e. The van der Waals surface area contributed by atoms with Crippen LogP contribution in [0.1, 0.15) is 0 Å². The highest BCUT2D eigenvalue weighted by molar-refractivity contribution is 5.92. The molecule has 0 saturated carbocycles. The van der Waals surface area contributed by atoms with Gasteiger partial charge in [0.1, 0.15) is 12.4 Å². The number of nitrogen functional groups attached to an aromatic ring is 1. The number of hydrogen-bond acceptors (Lipinski definition) is 4. The summed E-state index contributed by atoms with van der Waals surface area (Å²) in [4.78, 5) is 11.2. The first-order valence-corrected chi connectivity index (χ1v) is 4.39. The van der Waals surface area contributed by atoms with E-state index in [1.807, 2.05) is 0 Å². The number of carbonyl (C=O) groups excluding carboxylic acids is 1. The van der Waals surface area contributed by atoms with Gasteiger partial charge in [0.25, 0.3) is 0 Å². The third kappa shape index (κ3) is 3.14. The molecule has 0 heterocycles. The second kappa shape index (κ2) is 5.21. The van der Waals surface area contributed by atoms with Crippen LogP contribution in [0, 0.1) is 0 Å². The molecular formula is C10H14N2O3. The van der Waals surface area contributed by atoms with Crippen LogP contribution in [0.4, 0.5) is 11.4 Å². The molecule has 0 fully saturated rings. The number of benzene rings is 1. The lowest BCUT2D eigenvalue weighted by Crippen LogP contribution is -2.17. The second-order valence-electron chi connectivity index (χ2n) is 2.94. The summed E-state index contributed by atoms with van der Waals surface area (Å²) < 4.78 is 9.67. The largest absolute Gasteiger partial charge is 0.495 e. The quantitative estimate of drug-likeness (QED) is 0.723. The molecule has 0 radical (unpaired) electrons. The Kier molecular flexibility index (Phi) is 3.93. The summed E-state index contributed by atoms with van der Waals surface area (Å²) in [6.07, 6.45) is 0. The predicted octanol–water partition coefficient (Wildman–Crippen LogP) is 0.862. The fraction of sp³-hybridized carbons (Fsp3) is 0.300. The number of nitrogens with one attached hydrogen (secondary N) is 1. The highest BCUT2D eigenvalue weighted by Gasteiger charge is 2.04. The molecule has 5 nitrogen and oxygen atoms in total. The highest BCUT2D eigenvalue weighted by Crippen LogP contribution is 2.24. The number of ether oxygens (including phenoxy) is 2. The van der Waals surface area contributed by atoms with Crippen molar-refractivity contribution in [1.82, 2.24) is 0 Å². The number of rotatable bonds is 4. The van der Waals surface area contributed by atoms with Gasteiger partial charge in [0.05, 0.1) is 12.8 Å². The Balaban J connectivity index is 2.71. The van der Waals surface area contributed by atoms with E-state index in [9.17, 15) is 4.79 Å². The van der Waals surface area contributed by atoms with Crippen LogP contribution >= 0.6 is 0 Å². The first-order valence-electron chi connectivity index (χ1n) is 4.39. The van der Waals surface area contributed by atoms with Crippen molar-refractivity contribution in [3.05, 3.63) is 18.2 Å². The number of amides is 1. The lowest BCUT2D eigenvalue weighted by atomic mass is 10.2. The van der Waals surface area contributed by atoms with E-state index in [-0.39, 0.29) is 12.5 Å². The standard InChI is InChI=1S/C10H14N2O3/c1-14-6-10(13)12-7-3-4-9(15-2)8(11)5-7/h3-5H,6,11H2,1-2H3,(H,12,13). The summed E-state index contributed by atoms with van der Waals surface area (Å²) in [7, 11) is 3.00. The van der Waals surface area contributed by atoms with Crippen molar-refractivity contribution in [2.75, 3.05) is 31.9 Å². The van der Waals surface area contributed by atoms with Crippen molar-refractivity contribution in [3.63, 3.8) is 0 Å². The van der Waals surface area contributed by atoms with Crippen LogP contribution in [0.5, 0.6) is 5.75 Å². The van der Waals surface area contributed by atoms with Crippen molar-refractivity contribution in [3.8, 4) is 5.75 Å². The zero-order chi connectivity index (χ0) is 11.3. The molecule has 0 bridgehead atoms.